The summed E-state index contributed by atoms with van der Waals surface area (Å²) in [7, 11) is 0. The second kappa shape index (κ2) is 6.26. The van der Waals surface area contributed by atoms with Crippen LogP contribution in [0.5, 0.6) is 0 Å². The van der Waals surface area contributed by atoms with E-state index < -0.39 is 0 Å². The molecule has 0 atom stereocenters. The molecule has 0 unspecified atom stereocenters. The van der Waals surface area contributed by atoms with Gasteiger partial charge in [0.25, 0.3) is 5.91 Å². The first-order chi connectivity index (χ1) is 10.8. The Kier molecular flexibility index (Phi) is 4.01. The van der Waals surface area contributed by atoms with E-state index in [9.17, 15) is 4.79 Å². The number of nitrogens with one attached hydrogen (secondary N) is 1. The molecule has 0 saturated heterocycles. The topological polar surface area (TPSA) is 55.1 Å². The van der Waals surface area contributed by atoms with Crippen LogP contribution in [0, 0.1) is 0 Å². The highest BCUT2D eigenvalue weighted by molar-refractivity contribution is 6.07. The number of carbonyl (C=O) groups excluding carboxylic acids is 1. The van der Waals surface area contributed by atoms with E-state index in [1.807, 2.05) is 54.6 Å². The highest BCUT2D eigenvalue weighted by Crippen LogP contribution is 2.22. The molecule has 4 heteroatoms. The van der Waals surface area contributed by atoms with E-state index in [1.54, 1.807) is 0 Å². The number of benzene rings is 2. The maximum Gasteiger partial charge on any atom is 0.261 e. The van der Waals surface area contributed by atoms with Gasteiger partial charge in [0.2, 0.25) is 0 Å². The van der Waals surface area contributed by atoms with E-state index in [4.69, 9.17) is 4.52 Å². The Morgan fingerprint density at radius 3 is 2.50 bits per heavy atom. The Labute approximate surface area is 128 Å². The van der Waals surface area contributed by atoms with Crippen molar-refractivity contribution in [2.75, 3.05) is 5.32 Å². The molecule has 0 bridgehead atoms. The molecular formula is C18H16N2O2. The van der Waals surface area contributed by atoms with Gasteiger partial charge in [0.1, 0.15) is 17.5 Å². The maximum absolute atomic E-state index is 12.4. The quantitative estimate of drug-likeness (QED) is 0.785. The van der Waals surface area contributed by atoms with Gasteiger partial charge in [0.15, 0.2) is 0 Å². The van der Waals surface area contributed by atoms with Crippen LogP contribution in [0.2, 0.25) is 0 Å². The fraction of sp³-hybridized carbons (Fsp3) is 0.111. The first-order valence-corrected chi connectivity index (χ1v) is 7.18. The monoisotopic (exact) mass is 292 g/mol. The number of aryl methyl sites for hydroxylation is 1. The molecule has 1 amide bonds. The van der Waals surface area contributed by atoms with Crippen molar-refractivity contribution in [3.63, 3.8) is 0 Å². The Morgan fingerprint density at radius 1 is 1.09 bits per heavy atom. The summed E-state index contributed by atoms with van der Waals surface area (Å²) in [6.07, 6.45) is 2.34. The Hall–Kier alpha value is -2.88. The zero-order valence-electron chi connectivity index (χ0n) is 12.2. The molecule has 4 nitrogen and oxygen atoms in total. The molecule has 1 N–H and O–H groups in total. The molecular weight excluding hydrogens is 276 g/mol. The minimum Gasteiger partial charge on any atom is -0.363 e. The normalized spacial score (nSPS) is 10.4. The average molecular weight is 292 g/mol. The Morgan fingerprint density at radius 2 is 1.82 bits per heavy atom. The lowest BCUT2D eigenvalue weighted by Gasteiger charge is -2.05. The number of carbonyl (C=O) groups is 1. The summed E-state index contributed by atoms with van der Waals surface area (Å²) in [5.74, 6) is -0.232. The van der Waals surface area contributed by atoms with Crippen LogP contribution in [0.1, 0.15) is 22.8 Å². The lowest BCUT2D eigenvalue weighted by molar-refractivity contribution is 0.102. The van der Waals surface area contributed by atoms with Gasteiger partial charge in [-0.15, -0.1) is 0 Å². The largest absolute Gasteiger partial charge is 0.363 e. The van der Waals surface area contributed by atoms with Gasteiger partial charge in [0.05, 0.1) is 0 Å². The van der Waals surface area contributed by atoms with Gasteiger partial charge < -0.3 is 9.84 Å². The fourth-order valence-electron chi connectivity index (χ4n) is 2.22. The second-order valence-electron chi connectivity index (χ2n) is 4.95. The summed E-state index contributed by atoms with van der Waals surface area (Å²) in [6.45, 7) is 2.09. The van der Waals surface area contributed by atoms with Gasteiger partial charge in [0, 0.05) is 11.3 Å². The number of aromatic nitrogens is 1. The summed E-state index contributed by atoms with van der Waals surface area (Å²) in [5, 5.41) is 6.81. The van der Waals surface area contributed by atoms with Gasteiger partial charge in [-0.1, -0.05) is 54.5 Å². The van der Waals surface area contributed by atoms with Crippen LogP contribution < -0.4 is 5.32 Å². The van der Waals surface area contributed by atoms with Gasteiger partial charge in [-0.25, -0.2) is 0 Å². The van der Waals surface area contributed by atoms with Crippen molar-refractivity contribution in [3.8, 4) is 11.3 Å². The van der Waals surface area contributed by atoms with Crippen molar-refractivity contribution in [1.82, 2.24) is 5.16 Å². The first kappa shape index (κ1) is 14.1. The standard InChI is InChI=1S/C18H16N2O2/c1-2-13-8-10-15(11-9-13)19-18(21)16-12-22-20-17(16)14-6-4-3-5-7-14/h3-12H,2H2,1H3,(H,19,21). The number of hydrogen-bond donors (Lipinski definition) is 1. The molecule has 3 aromatic rings. The van der Waals surface area contributed by atoms with Crippen LogP contribution in [0.3, 0.4) is 0 Å². The molecule has 110 valence electrons. The van der Waals surface area contributed by atoms with Crippen LogP contribution in [-0.2, 0) is 6.42 Å². The fourth-order valence-corrected chi connectivity index (χ4v) is 2.22. The smallest absolute Gasteiger partial charge is 0.261 e. The van der Waals surface area contributed by atoms with Gasteiger partial charge in [-0.05, 0) is 24.1 Å². The molecule has 22 heavy (non-hydrogen) atoms. The van der Waals surface area contributed by atoms with Crippen molar-refractivity contribution >= 4 is 11.6 Å². The third-order valence-electron chi connectivity index (χ3n) is 3.48. The maximum atomic E-state index is 12.4. The molecule has 1 aromatic heterocycles. The summed E-state index contributed by atoms with van der Waals surface area (Å²) in [4.78, 5) is 12.4. The number of nitrogens with zero attached hydrogens (tertiary/aromatic N) is 1. The predicted octanol–water partition coefficient (Wildman–Crippen LogP) is 4.16. The average Bonchev–Trinajstić information content (AvgIpc) is 3.06. The number of hydrogen-bond acceptors (Lipinski definition) is 3. The SMILES string of the molecule is CCc1ccc(NC(=O)c2conc2-c2ccccc2)cc1. The van der Waals surface area contributed by atoms with E-state index in [1.165, 1.54) is 11.8 Å². The minimum absolute atomic E-state index is 0.232. The predicted molar refractivity (Wildman–Crippen MR) is 85.7 cm³/mol. The highest BCUT2D eigenvalue weighted by Gasteiger charge is 2.17. The van der Waals surface area contributed by atoms with Gasteiger partial charge in [-0.2, -0.15) is 0 Å². The van der Waals surface area contributed by atoms with Crippen molar-refractivity contribution in [2.45, 2.75) is 13.3 Å². The summed E-state index contributed by atoms with van der Waals surface area (Å²) in [5.41, 5.74) is 3.80. The molecule has 0 radical (unpaired) electrons. The van der Waals surface area contributed by atoms with Crippen LogP contribution >= 0.6 is 0 Å². The molecule has 0 aliphatic heterocycles. The van der Waals surface area contributed by atoms with E-state index in [-0.39, 0.29) is 5.91 Å². The molecule has 0 aliphatic carbocycles. The zero-order chi connectivity index (χ0) is 15.4. The third kappa shape index (κ3) is 2.91. The van der Waals surface area contributed by atoms with Crippen LogP contribution in [0.25, 0.3) is 11.3 Å². The molecule has 0 fully saturated rings. The van der Waals surface area contributed by atoms with E-state index in [2.05, 4.69) is 17.4 Å². The highest BCUT2D eigenvalue weighted by atomic mass is 16.5. The van der Waals surface area contributed by atoms with Crippen LogP contribution in [0.4, 0.5) is 5.69 Å². The van der Waals surface area contributed by atoms with E-state index in [0.717, 1.165) is 17.7 Å². The van der Waals surface area contributed by atoms with Crippen molar-refractivity contribution in [3.05, 3.63) is 72.0 Å². The molecule has 0 aliphatic rings. The lowest BCUT2D eigenvalue weighted by Crippen LogP contribution is -2.12. The molecule has 1 heterocycles. The number of amides is 1. The molecule has 3 rings (SSSR count). The van der Waals surface area contributed by atoms with Crippen molar-refractivity contribution in [1.29, 1.82) is 0 Å². The van der Waals surface area contributed by atoms with E-state index >= 15 is 0 Å². The van der Waals surface area contributed by atoms with Crippen molar-refractivity contribution < 1.29 is 9.32 Å². The van der Waals surface area contributed by atoms with Gasteiger partial charge in [-0.3, -0.25) is 4.79 Å². The van der Waals surface area contributed by atoms with Crippen LogP contribution in [-0.4, -0.2) is 11.1 Å². The molecule has 2 aromatic carbocycles. The van der Waals surface area contributed by atoms with Crippen LogP contribution in [0.15, 0.2) is 65.4 Å². The van der Waals surface area contributed by atoms with Crippen molar-refractivity contribution in [2.24, 2.45) is 0 Å². The number of rotatable bonds is 4. The first-order valence-electron chi connectivity index (χ1n) is 7.18. The molecule has 0 spiro atoms. The number of anilines is 1. The minimum atomic E-state index is -0.232. The lowest BCUT2D eigenvalue weighted by atomic mass is 10.1. The zero-order valence-corrected chi connectivity index (χ0v) is 12.2. The summed E-state index contributed by atoms with van der Waals surface area (Å²) in [6, 6.07) is 17.3. The summed E-state index contributed by atoms with van der Waals surface area (Å²) >= 11 is 0. The van der Waals surface area contributed by atoms with Gasteiger partial charge >= 0.3 is 0 Å². The van der Waals surface area contributed by atoms with E-state index in [0.29, 0.717) is 11.3 Å². The third-order valence-corrected chi connectivity index (χ3v) is 3.48. The molecule has 0 saturated carbocycles. The Bertz CT molecular complexity index is 761. The Balaban J connectivity index is 1.82. The second-order valence-corrected chi connectivity index (χ2v) is 4.95. The summed E-state index contributed by atoms with van der Waals surface area (Å²) < 4.78 is 4.98.